The standard InChI is InChI=1S/C8H12NO3P/c1-8(9,13(10,11)12)7-5-3-2-4-6-7/h2-6H,9H2,1H3,(H2,10,11,12)/p-1/t8-/m0/s1. The normalized spacial score (nSPS) is 16.6. The Balaban J connectivity index is 3.16. The maximum Gasteiger partial charge on any atom is 0.142 e. The van der Waals surface area contributed by atoms with E-state index in [1.165, 1.54) is 6.92 Å². The first-order valence-corrected chi connectivity index (χ1v) is 5.33. The average Bonchev–Trinajstić information content (AvgIpc) is 2.04. The molecule has 4 nitrogen and oxygen atoms in total. The van der Waals surface area contributed by atoms with Crippen LogP contribution < -0.4 is 15.5 Å². The van der Waals surface area contributed by atoms with Gasteiger partial charge in [-0.1, -0.05) is 30.3 Å². The Labute approximate surface area is 76.6 Å². The van der Waals surface area contributed by atoms with E-state index in [2.05, 4.69) is 5.73 Å². The number of hydrogen-bond acceptors (Lipinski definition) is 3. The van der Waals surface area contributed by atoms with Gasteiger partial charge in [0.1, 0.15) is 5.28 Å². The largest absolute Gasteiger partial charge is 0.806 e. The fourth-order valence-electron chi connectivity index (χ4n) is 0.955. The maximum absolute atomic E-state index is 10.9. The zero-order chi connectivity index (χ0) is 10.1. The molecule has 0 amide bonds. The van der Waals surface area contributed by atoms with Gasteiger partial charge in [0.15, 0.2) is 0 Å². The number of quaternary nitrogens is 1. The van der Waals surface area contributed by atoms with Crippen molar-refractivity contribution in [3.8, 4) is 0 Å². The zero-order valence-electron chi connectivity index (χ0n) is 7.27. The smallest absolute Gasteiger partial charge is 0.142 e. The summed E-state index contributed by atoms with van der Waals surface area (Å²) in [4.78, 5) is 21.7. The Morgan fingerprint density at radius 1 is 1.31 bits per heavy atom. The monoisotopic (exact) mass is 200 g/mol. The van der Waals surface area contributed by atoms with Gasteiger partial charge < -0.3 is 20.1 Å². The van der Waals surface area contributed by atoms with E-state index in [1.54, 1.807) is 30.3 Å². The van der Waals surface area contributed by atoms with Crippen molar-refractivity contribution < 1.29 is 20.1 Å². The first-order valence-electron chi connectivity index (χ1n) is 3.79. The second-order valence-corrected chi connectivity index (χ2v) is 5.12. The van der Waals surface area contributed by atoms with Crippen molar-refractivity contribution in [2.45, 2.75) is 12.2 Å². The second kappa shape index (κ2) is 3.24. The summed E-state index contributed by atoms with van der Waals surface area (Å²) < 4.78 is 10.9. The summed E-state index contributed by atoms with van der Waals surface area (Å²) >= 11 is 0. The lowest BCUT2D eigenvalue weighted by molar-refractivity contribution is -0.479. The minimum atomic E-state index is -4.70. The molecule has 1 aromatic carbocycles. The highest BCUT2D eigenvalue weighted by Crippen LogP contribution is 2.43. The van der Waals surface area contributed by atoms with Crippen LogP contribution in [0.1, 0.15) is 12.5 Å². The lowest BCUT2D eigenvalue weighted by Gasteiger charge is -2.41. The molecule has 72 valence electrons. The Hall–Kier alpha value is -0.670. The van der Waals surface area contributed by atoms with E-state index in [-0.39, 0.29) is 0 Å². The van der Waals surface area contributed by atoms with Gasteiger partial charge in [0.25, 0.3) is 0 Å². The summed E-state index contributed by atoms with van der Waals surface area (Å²) in [5.74, 6) is 0. The first kappa shape index (κ1) is 10.4. The van der Waals surface area contributed by atoms with E-state index >= 15 is 0 Å². The molecule has 0 unspecified atom stereocenters. The van der Waals surface area contributed by atoms with Crippen LogP contribution in [-0.4, -0.2) is 0 Å². The highest BCUT2D eigenvalue weighted by molar-refractivity contribution is 7.49. The van der Waals surface area contributed by atoms with Gasteiger partial charge >= 0.3 is 0 Å². The third kappa shape index (κ3) is 1.98. The quantitative estimate of drug-likeness (QED) is 0.621. The second-order valence-electron chi connectivity index (χ2n) is 3.14. The molecule has 3 N–H and O–H groups in total. The third-order valence-corrected chi connectivity index (χ3v) is 3.47. The van der Waals surface area contributed by atoms with Crippen molar-refractivity contribution in [1.82, 2.24) is 0 Å². The van der Waals surface area contributed by atoms with Gasteiger partial charge in [-0.3, -0.25) is 0 Å². The predicted octanol–water partition coefficient (Wildman–Crippen LogP) is -0.985. The summed E-state index contributed by atoms with van der Waals surface area (Å²) in [5, 5.41) is -1.58. The van der Waals surface area contributed by atoms with Crippen LogP contribution in [0.4, 0.5) is 0 Å². The molecule has 1 aromatic rings. The summed E-state index contributed by atoms with van der Waals surface area (Å²) in [7, 11) is -4.70. The fraction of sp³-hybridized carbons (Fsp3) is 0.250. The molecule has 1 rings (SSSR count). The SMILES string of the molecule is C[C@@]([NH3+])(c1ccccc1)P(=O)([O-])[O-]. The van der Waals surface area contributed by atoms with E-state index in [1.807, 2.05) is 0 Å². The van der Waals surface area contributed by atoms with Crippen molar-refractivity contribution in [2.24, 2.45) is 0 Å². The zero-order valence-corrected chi connectivity index (χ0v) is 8.16. The van der Waals surface area contributed by atoms with Crippen LogP contribution in [0.5, 0.6) is 0 Å². The molecule has 0 saturated carbocycles. The van der Waals surface area contributed by atoms with E-state index in [0.717, 1.165) is 0 Å². The lowest BCUT2D eigenvalue weighted by atomic mass is 10.1. The van der Waals surface area contributed by atoms with Gasteiger partial charge in [0.05, 0.1) is 0 Å². The van der Waals surface area contributed by atoms with Gasteiger partial charge in [0.2, 0.25) is 0 Å². The molecule has 0 radical (unpaired) electrons. The number of hydrogen-bond donors (Lipinski definition) is 1. The molecule has 0 spiro atoms. The fourth-order valence-corrected chi connectivity index (χ4v) is 1.42. The topological polar surface area (TPSA) is 90.8 Å². The molecule has 13 heavy (non-hydrogen) atoms. The molecule has 0 aliphatic carbocycles. The van der Waals surface area contributed by atoms with Crippen molar-refractivity contribution >= 4 is 7.60 Å². The molecule has 5 heteroatoms. The van der Waals surface area contributed by atoms with Crippen LogP contribution in [0, 0.1) is 0 Å². The maximum atomic E-state index is 10.9. The van der Waals surface area contributed by atoms with Gasteiger partial charge in [-0.15, -0.1) is 0 Å². The average molecular weight is 200 g/mol. The van der Waals surface area contributed by atoms with Crippen LogP contribution in [0.3, 0.4) is 0 Å². The Kier molecular flexibility index (Phi) is 2.59. The van der Waals surface area contributed by atoms with E-state index in [9.17, 15) is 14.4 Å². The Morgan fingerprint density at radius 3 is 2.15 bits per heavy atom. The van der Waals surface area contributed by atoms with Gasteiger partial charge in [-0.25, -0.2) is 0 Å². The summed E-state index contributed by atoms with van der Waals surface area (Å²) in [5.41, 5.74) is 3.84. The molecular weight excluding hydrogens is 189 g/mol. The summed E-state index contributed by atoms with van der Waals surface area (Å²) in [6.07, 6.45) is 0. The van der Waals surface area contributed by atoms with Crippen molar-refractivity contribution in [1.29, 1.82) is 0 Å². The lowest BCUT2D eigenvalue weighted by Crippen LogP contribution is -2.70. The number of benzene rings is 1. The highest BCUT2D eigenvalue weighted by Gasteiger charge is 2.29. The molecule has 0 bridgehead atoms. The molecule has 0 heterocycles. The minimum absolute atomic E-state index is 0.420. The van der Waals surface area contributed by atoms with E-state index in [0.29, 0.717) is 5.56 Å². The molecular formula is C8H11NO3P-. The van der Waals surface area contributed by atoms with Crippen molar-refractivity contribution in [3.63, 3.8) is 0 Å². The molecule has 0 saturated heterocycles. The van der Waals surface area contributed by atoms with Gasteiger partial charge in [-0.2, -0.15) is 0 Å². The van der Waals surface area contributed by atoms with Crippen LogP contribution in [-0.2, 0) is 9.85 Å². The Bertz CT molecular complexity index is 331. The van der Waals surface area contributed by atoms with Gasteiger partial charge in [-0.05, 0) is 6.92 Å². The molecule has 0 aliphatic rings. The predicted molar refractivity (Wildman–Crippen MR) is 44.3 cm³/mol. The highest BCUT2D eigenvalue weighted by atomic mass is 31.2. The van der Waals surface area contributed by atoms with Gasteiger partial charge in [0, 0.05) is 13.2 Å². The van der Waals surface area contributed by atoms with Crippen LogP contribution in [0.15, 0.2) is 30.3 Å². The molecule has 0 fully saturated rings. The van der Waals surface area contributed by atoms with Crippen LogP contribution in [0.2, 0.25) is 0 Å². The third-order valence-electron chi connectivity index (χ3n) is 2.00. The van der Waals surface area contributed by atoms with Crippen LogP contribution >= 0.6 is 7.60 Å². The summed E-state index contributed by atoms with van der Waals surface area (Å²) in [6.45, 7) is 1.31. The number of rotatable bonds is 2. The first-order chi connectivity index (χ1) is 5.86. The molecule has 1 atom stereocenters. The van der Waals surface area contributed by atoms with E-state index in [4.69, 9.17) is 0 Å². The van der Waals surface area contributed by atoms with Crippen molar-refractivity contribution in [2.75, 3.05) is 0 Å². The van der Waals surface area contributed by atoms with Crippen molar-refractivity contribution in [3.05, 3.63) is 35.9 Å². The Morgan fingerprint density at radius 2 is 1.77 bits per heavy atom. The molecule has 0 aromatic heterocycles. The molecule has 0 aliphatic heterocycles. The summed E-state index contributed by atoms with van der Waals surface area (Å²) in [6, 6.07) is 8.26. The van der Waals surface area contributed by atoms with Crippen LogP contribution in [0.25, 0.3) is 0 Å². The minimum Gasteiger partial charge on any atom is -0.806 e. The van der Waals surface area contributed by atoms with E-state index < -0.39 is 12.9 Å².